The summed E-state index contributed by atoms with van der Waals surface area (Å²) in [6, 6.07) is 2.07. The molecule has 2 N–H and O–H groups in total. The Labute approximate surface area is 97.8 Å². The third-order valence-electron chi connectivity index (χ3n) is 2.85. The van der Waals surface area contributed by atoms with Crippen LogP contribution in [-0.2, 0) is 11.3 Å². The summed E-state index contributed by atoms with van der Waals surface area (Å²) < 4.78 is 7.22. The van der Waals surface area contributed by atoms with Crippen LogP contribution in [-0.4, -0.2) is 23.0 Å². The van der Waals surface area contributed by atoms with Gasteiger partial charge in [0, 0.05) is 25.9 Å². The van der Waals surface area contributed by atoms with Crippen LogP contribution >= 0.6 is 0 Å². The van der Waals surface area contributed by atoms with Crippen molar-refractivity contribution in [2.75, 3.05) is 7.11 Å². The third kappa shape index (κ3) is 3.61. The van der Waals surface area contributed by atoms with Crippen molar-refractivity contribution in [3.63, 3.8) is 0 Å². The minimum Gasteiger partial charge on any atom is -0.382 e. The summed E-state index contributed by atoms with van der Waals surface area (Å²) in [5.41, 5.74) is 7.29. The summed E-state index contributed by atoms with van der Waals surface area (Å²) in [5, 5.41) is 4.28. The molecule has 0 spiro atoms. The molecule has 0 saturated heterocycles. The number of hydrogen-bond acceptors (Lipinski definition) is 3. The first kappa shape index (κ1) is 13.2. The molecule has 0 fully saturated rings. The first-order valence-corrected chi connectivity index (χ1v) is 5.99. The summed E-state index contributed by atoms with van der Waals surface area (Å²) in [6.45, 7) is 5.15. The van der Waals surface area contributed by atoms with Crippen LogP contribution in [0.5, 0.6) is 0 Å². The molecule has 2 atom stereocenters. The van der Waals surface area contributed by atoms with E-state index < -0.39 is 0 Å². The van der Waals surface area contributed by atoms with Gasteiger partial charge in [0.05, 0.1) is 11.8 Å². The molecule has 0 aromatic carbocycles. The highest BCUT2D eigenvalue weighted by Crippen LogP contribution is 2.17. The fourth-order valence-corrected chi connectivity index (χ4v) is 1.74. The standard InChI is InChI=1S/C12H23N3O/c1-4-9-15-12(7-8-14-15)11(13)6-5-10(2)16-3/h7-8,10-11H,4-6,9,13H2,1-3H3. The second-order valence-corrected chi connectivity index (χ2v) is 4.21. The minimum absolute atomic E-state index is 0.0617. The molecule has 4 heteroatoms. The van der Waals surface area contributed by atoms with E-state index in [0.717, 1.165) is 31.5 Å². The third-order valence-corrected chi connectivity index (χ3v) is 2.85. The predicted octanol–water partition coefficient (Wildman–Crippen LogP) is 2.11. The van der Waals surface area contributed by atoms with Gasteiger partial charge in [-0.1, -0.05) is 6.92 Å². The smallest absolute Gasteiger partial charge is 0.0551 e. The van der Waals surface area contributed by atoms with E-state index in [2.05, 4.69) is 18.9 Å². The molecular formula is C12H23N3O. The van der Waals surface area contributed by atoms with Crippen LogP contribution in [0.15, 0.2) is 12.3 Å². The molecule has 0 aliphatic rings. The molecule has 2 unspecified atom stereocenters. The van der Waals surface area contributed by atoms with Gasteiger partial charge in [0.1, 0.15) is 0 Å². The average Bonchev–Trinajstić information content (AvgIpc) is 2.74. The van der Waals surface area contributed by atoms with E-state index in [1.165, 1.54) is 0 Å². The summed E-state index contributed by atoms with van der Waals surface area (Å²) in [4.78, 5) is 0. The lowest BCUT2D eigenvalue weighted by molar-refractivity contribution is 0.107. The van der Waals surface area contributed by atoms with Crippen molar-refractivity contribution in [3.8, 4) is 0 Å². The molecule has 0 radical (unpaired) electrons. The van der Waals surface area contributed by atoms with Crippen molar-refractivity contribution >= 4 is 0 Å². The number of methoxy groups -OCH3 is 1. The van der Waals surface area contributed by atoms with Crippen LogP contribution in [0.25, 0.3) is 0 Å². The highest BCUT2D eigenvalue weighted by molar-refractivity contribution is 5.06. The van der Waals surface area contributed by atoms with Crippen LogP contribution in [0.1, 0.15) is 44.8 Å². The highest BCUT2D eigenvalue weighted by Gasteiger charge is 2.12. The van der Waals surface area contributed by atoms with Crippen LogP contribution in [0, 0.1) is 0 Å². The summed E-state index contributed by atoms with van der Waals surface area (Å²) in [5.74, 6) is 0. The van der Waals surface area contributed by atoms with Gasteiger partial charge in [-0.05, 0) is 32.3 Å². The molecule has 92 valence electrons. The first-order valence-electron chi connectivity index (χ1n) is 5.99. The number of nitrogens with two attached hydrogens (primary N) is 1. The Morgan fingerprint density at radius 2 is 2.25 bits per heavy atom. The van der Waals surface area contributed by atoms with Crippen molar-refractivity contribution in [3.05, 3.63) is 18.0 Å². The van der Waals surface area contributed by atoms with E-state index in [4.69, 9.17) is 10.5 Å². The second kappa shape index (κ2) is 6.66. The van der Waals surface area contributed by atoms with Crippen LogP contribution in [0.4, 0.5) is 0 Å². The number of nitrogens with zero attached hydrogens (tertiary/aromatic N) is 2. The summed E-state index contributed by atoms with van der Waals surface area (Å²) in [7, 11) is 1.73. The molecule has 0 aliphatic carbocycles. The number of ether oxygens (including phenoxy) is 1. The van der Waals surface area contributed by atoms with E-state index in [1.54, 1.807) is 7.11 Å². The summed E-state index contributed by atoms with van der Waals surface area (Å²) >= 11 is 0. The topological polar surface area (TPSA) is 53.1 Å². The lowest BCUT2D eigenvalue weighted by atomic mass is 10.1. The summed E-state index contributed by atoms with van der Waals surface area (Å²) in [6.07, 6.45) is 5.09. The van der Waals surface area contributed by atoms with E-state index in [-0.39, 0.29) is 12.1 Å². The van der Waals surface area contributed by atoms with Crippen molar-refractivity contribution in [1.29, 1.82) is 0 Å². The maximum atomic E-state index is 6.16. The van der Waals surface area contributed by atoms with Crippen LogP contribution in [0.2, 0.25) is 0 Å². The zero-order chi connectivity index (χ0) is 12.0. The van der Waals surface area contributed by atoms with Crippen LogP contribution in [0.3, 0.4) is 0 Å². The van der Waals surface area contributed by atoms with Crippen LogP contribution < -0.4 is 5.73 Å². The van der Waals surface area contributed by atoms with Gasteiger partial charge >= 0.3 is 0 Å². The maximum Gasteiger partial charge on any atom is 0.0551 e. The van der Waals surface area contributed by atoms with Gasteiger partial charge in [-0.15, -0.1) is 0 Å². The minimum atomic E-state index is 0.0617. The molecule has 1 aromatic heterocycles. The number of aromatic nitrogens is 2. The zero-order valence-corrected chi connectivity index (χ0v) is 10.5. The number of hydrogen-bond donors (Lipinski definition) is 1. The molecule has 1 heterocycles. The SMILES string of the molecule is CCCn1nccc1C(N)CCC(C)OC. The lowest BCUT2D eigenvalue weighted by Crippen LogP contribution is -2.18. The Morgan fingerprint density at radius 1 is 1.50 bits per heavy atom. The first-order chi connectivity index (χ1) is 7.69. The van der Waals surface area contributed by atoms with E-state index in [1.807, 2.05) is 16.9 Å². The van der Waals surface area contributed by atoms with Gasteiger partial charge in [-0.25, -0.2) is 0 Å². The molecule has 1 rings (SSSR count). The fourth-order valence-electron chi connectivity index (χ4n) is 1.74. The quantitative estimate of drug-likeness (QED) is 0.773. The van der Waals surface area contributed by atoms with E-state index in [9.17, 15) is 0 Å². The molecule has 0 amide bonds. The predicted molar refractivity (Wildman–Crippen MR) is 65.2 cm³/mol. The Kier molecular flexibility index (Phi) is 5.49. The molecule has 0 saturated carbocycles. The second-order valence-electron chi connectivity index (χ2n) is 4.21. The van der Waals surface area contributed by atoms with Crippen molar-refractivity contribution in [2.24, 2.45) is 5.73 Å². The van der Waals surface area contributed by atoms with Crippen molar-refractivity contribution in [1.82, 2.24) is 9.78 Å². The van der Waals surface area contributed by atoms with E-state index in [0.29, 0.717) is 0 Å². The van der Waals surface area contributed by atoms with Crippen molar-refractivity contribution in [2.45, 2.75) is 51.8 Å². The van der Waals surface area contributed by atoms with Gasteiger partial charge in [-0.3, -0.25) is 4.68 Å². The average molecular weight is 225 g/mol. The molecule has 16 heavy (non-hydrogen) atoms. The number of aryl methyl sites for hydroxylation is 1. The lowest BCUT2D eigenvalue weighted by Gasteiger charge is -2.16. The number of rotatable bonds is 7. The van der Waals surface area contributed by atoms with Gasteiger partial charge < -0.3 is 10.5 Å². The molecule has 0 bridgehead atoms. The molecular weight excluding hydrogens is 202 g/mol. The maximum absolute atomic E-state index is 6.16. The van der Waals surface area contributed by atoms with Gasteiger partial charge in [0.2, 0.25) is 0 Å². The van der Waals surface area contributed by atoms with E-state index >= 15 is 0 Å². The zero-order valence-electron chi connectivity index (χ0n) is 10.5. The Morgan fingerprint density at radius 3 is 2.88 bits per heavy atom. The van der Waals surface area contributed by atoms with Gasteiger partial charge in [0.25, 0.3) is 0 Å². The highest BCUT2D eigenvalue weighted by atomic mass is 16.5. The molecule has 1 aromatic rings. The monoisotopic (exact) mass is 225 g/mol. The van der Waals surface area contributed by atoms with Crippen molar-refractivity contribution < 1.29 is 4.74 Å². The molecule has 0 aliphatic heterocycles. The van der Waals surface area contributed by atoms with Gasteiger partial charge in [-0.2, -0.15) is 5.10 Å². The van der Waals surface area contributed by atoms with Gasteiger partial charge in [0.15, 0.2) is 0 Å². The fraction of sp³-hybridized carbons (Fsp3) is 0.750. The molecule has 4 nitrogen and oxygen atoms in total. The Bertz CT molecular complexity index is 298. The Balaban J connectivity index is 2.51. The largest absolute Gasteiger partial charge is 0.382 e. The normalized spacial score (nSPS) is 15.0. The Hall–Kier alpha value is -0.870.